The summed E-state index contributed by atoms with van der Waals surface area (Å²) in [4.78, 5) is 4.58. The Labute approximate surface area is 111 Å². The second-order valence-corrected chi connectivity index (χ2v) is 5.13. The number of hydrogen-bond donors (Lipinski definition) is 1. The summed E-state index contributed by atoms with van der Waals surface area (Å²) in [5.41, 5.74) is 1.65. The molecule has 1 fully saturated rings. The Morgan fingerprint density at radius 2 is 2.32 bits per heavy atom. The van der Waals surface area contributed by atoms with Crippen LogP contribution in [0.15, 0.2) is 18.2 Å². The van der Waals surface area contributed by atoms with E-state index >= 15 is 0 Å². The molecule has 1 aromatic heterocycles. The average molecular weight is 263 g/mol. The molecular formula is C14H18FN3O. The first-order chi connectivity index (χ1) is 9.16. The van der Waals surface area contributed by atoms with Gasteiger partial charge in [0.1, 0.15) is 17.7 Å². The van der Waals surface area contributed by atoms with Crippen LogP contribution in [0.1, 0.15) is 31.8 Å². The molecule has 5 heteroatoms. The van der Waals surface area contributed by atoms with Gasteiger partial charge in [-0.25, -0.2) is 9.37 Å². The van der Waals surface area contributed by atoms with E-state index in [4.69, 9.17) is 4.74 Å². The molecule has 1 aliphatic rings. The number of nitrogens with one attached hydrogen (secondary N) is 1. The van der Waals surface area contributed by atoms with E-state index in [1.165, 1.54) is 12.1 Å². The van der Waals surface area contributed by atoms with Crippen LogP contribution in [-0.2, 0) is 4.74 Å². The molecule has 0 bridgehead atoms. The van der Waals surface area contributed by atoms with E-state index < -0.39 is 0 Å². The Hall–Kier alpha value is -1.46. The van der Waals surface area contributed by atoms with Gasteiger partial charge in [0.05, 0.1) is 17.6 Å². The SMILES string of the molecule is CC(C)n1c(C2CNCCO2)nc2cc(F)ccc21. The number of fused-ring (bicyclic) bond motifs is 1. The molecule has 0 aliphatic carbocycles. The molecule has 1 N–H and O–H groups in total. The molecule has 4 nitrogen and oxygen atoms in total. The molecular weight excluding hydrogens is 245 g/mol. The standard InChI is InChI=1S/C14H18FN3O/c1-9(2)18-12-4-3-10(15)7-11(12)17-14(18)13-8-16-5-6-19-13/h3-4,7,9,13,16H,5-6,8H2,1-2H3. The van der Waals surface area contributed by atoms with Crippen molar-refractivity contribution in [2.75, 3.05) is 19.7 Å². The first-order valence-corrected chi connectivity index (χ1v) is 6.66. The van der Waals surface area contributed by atoms with E-state index in [0.717, 1.165) is 24.4 Å². The van der Waals surface area contributed by atoms with Crippen molar-refractivity contribution in [2.24, 2.45) is 0 Å². The number of nitrogens with zero attached hydrogens (tertiary/aromatic N) is 2. The number of benzene rings is 1. The van der Waals surface area contributed by atoms with Crippen LogP contribution in [-0.4, -0.2) is 29.2 Å². The van der Waals surface area contributed by atoms with E-state index in [1.807, 2.05) is 0 Å². The molecule has 1 atom stereocenters. The number of ether oxygens (including phenoxy) is 1. The van der Waals surface area contributed by atoms with Crippen LogP contribution in [0, 0.1) is 5.82 Å². The smallest absolute Gasteiger partial charge is 0.140 e. The highest BCUT2D eigenvalue weighted by Gasteiger charge is 2.24. The minimum atomic E-state index is -0.254. The molecule has 1 saturated heterocycles. The third kappa shape index (κ3) is 2.24. The van der Waals surface area contributed by atoms with Gasteiger partial charge in [-0.2, -0.15) is 0 Å². The Morgan fingerprint density at radius 1 is 1.47 bits per heavy atom. The van der Waals surface area contributed by atoms with Gasteiger partial charge in [-0.05, 0) is 26.0 Å². The van der Waals surface area contributed by atoms with E-state index in [-0.39, 0.29) is 18.0 Å². The molecule has 1 aliphatic heterocycles. The predicted octanol–water partition coefficient (Wildman–Crippen LogP) is 2.42. The minimum absolute atomic E-state index is 0.0633. The van der Waals surface area contributed by atoms with Gasteiger partial charge in [0.15, 0.2) is 0 Å². The highest BCUT2D eigenvalue weighted by Crippen LogP contribution is 2.27. The largest absolute Gasteiger partial charge is 0.368 e. The Bertz CT molecular complexity index is 588. The third-order valence-corrected chi connectivity index (χ3v) is 3.41. The van der Waals surface area contributed by atoms with Crippen LogP contribution in [0.2, 0.25) is 0 Å². The number of imidazole rings is 1. The zero-order chi connectivity index (χ0) is 13.4. The van der Waals surface area contributed by atoms with Crippen molar-refractivity contribution in [3.8, 4) is 0 Å². The maximum Gasteiger partial charge on any atom is 0.140 e. The summed E-state index contributed by atoms with van der Waals surface area (Å²) in [6, 6.07) is 5.01. The number of rotatable bonds is 2. The zero-order valence-electron chi connectivity index (χ0n) is 11.2. The topological polar surface area (TPSA) is 39.1 Å². The molecule has 0 amide bonds. The van der Waals surface area contributed by atoms with Crippen LogP contribution in [0.5, 0.6) is 0 Å². The molecule has 0 radical (unpaired) electrons. The van der Waals surface area contributed by atoms with Gasteiger partial charge in [-0.1, -0.05) is 0 Å². The quantitative estimate of drug-likeness (QED) is 0.904. The zero-order valence-corrected chi connectivity index (χ0v) is 11.2. The molecule has 2 aromatic rings. The first kappa shape index (κ1) is 12.6. The highest BCUT2D eigenvalue weighted by atomic mass is 19.1. The maximum atomic E-state index is 13.3. The van der Waals surface area contributed by atoms with E-state index in [9.17, 15) is 4.39 Å². The molecule has 3 rings (SSSR count). The lowest BCUT2D eigenvalue weighted by Gasteiger charge is -2.25. The van der Waals surface area contributed by atoms with Gasteiger partial charge >= 0.3 is 0 Å². The van der Waals surface area contributed by atoms with Gasteiger partial charge in [0.2, 0.25) is 0 Å². The normalized spacial score (nSPS) is 20.3. The Morgan fingerprint density at radius 3 is 3.00 bits per heavy atom. The van der Waals surface area contributed by atoms with Crippen molar-refractivity contribution < 1.29 is 9.13 Å². The molecule has 0 saturated carbocycles. The number of halogens is 1. The average Bonchev–Trinajstić information content (AvgIpc) is 2.78. The van der Waals surface area contributed by atoms with Crippen molar-refractivity contribution in [3.63, 3.8) is 0 Å². The monoisotopic (exact) mass is 263 g/mol. The molecule has 102 valence electrons. The summed E-state index contributed by atoms with van der Waals surface area (Å²) in [5, 5.41) is 3.30. The number of aromatic nitrogens is 2. The Kier molecular flexibility index (Phi) is 3.24. The van der Waals surface area contributed by atoms with Gasteiger partial charge in [0.25, 0.3) is 0 Å². The van der Waals surface area contributed by atoms with Gasteiger partial charge in [-0.3, -0.25) is 0 Å². The van der Waals surface area contributed by atoms with Crippen molar-refractivity contribution in [3.05, 3.63) is 29.8 Å². The fourth-order valence-electron chi connectivity index (χ4n) is 2.59. The third-order valence-electron chi connectivity index (χ3n) is 3.41. The summed E-state index contributed by atoms with van der Waals surface area (Å²) < 4.78 is 21.2. The van der Waals surface area contributed by atoms with Crippen molar-refractivity contribution in [1.29, 1.82) is 0 Å². The summed E-state index contributed by atoms with van der Waals surface area (Å²) in [6.07, 6.45) is -0.0633. The van der Waals surface area contributed by atoms with E-state index in [1.54, 1.807) is 6.07 Å². The lowest BCUT2D eigenvalue weighted by Crippen LogP contribution is -2.34. The lowest BCUT2D eigenvalue weighted by molar-refractivity contribution is 0.0197. The summed E-state index contributed by atoms with van der Waals surface area (Å²) >= 11 is 0. The van der Waals surface area contributed by atoms with Crippen LogP contribution >= 0.6 is 0 Å². The van der Waals surface area contributed by atoms with Gasteiger partial charge in [0, 0.05) is 25.2 Å². The number of morpholine rings is 1. The van der Waals surface area contributed by atoms with Crippen LogP contribution in [0.25, 0.3) is 11.0 Å². The molecule has 1 aromatic carbocycles. The predicted molar refractivity (Wildman–Crippen MR) is 71.6 cm³/mol. The molecule has 1 unspecified atom stereocenters. The summed E-state index contributed by atoms with van der Waals surface area (Å²) in [6.45, 7) is 6.50. The van der Waals surface area contributed by atoms with Crippen LogP contribution in [0.4, 0.5) is 4.39 Å². The lowest BCUT2D eigenvalue weighted by atomic mass is 10.2. The first-order valence-electron chi connectivity index (χ1n) is 6.66. The molecule has 19 heavy (non-hydrogen) atoms. The van der Waals surface area contributed by atoms with Gasteiger partial charge < -0.3 is 14.6 Å². The van der Waals surface area contributed by atoms with Crippen LogP contribution in [0.3, 0.4) is 0 Å². The fourth-order valence-corrected chi connectivity index (χ4v) is 2.59. The molecule has 2 heterocycles. The second kappa shape index (κ2) is 4.90. The fraction of sp³-hybridized carbons (Fsp3) is 0.500. The van der Waals surface area contributed by atoms with Crippen molar-refractivity contribution >= 4 is 11.0 Å². The van der Waals surface area contributed by atoms with Crippen LogP contribution < -0.4 is 5.32 Å². The number of hydrogen-bond acceptors (Lipinski definition) is 3. The maximum absolute atomic E-state index is 13.3. The van der Waals surface area contributed by atoms with Crippen molar-refractivity contribution in [2.45, 2.75) is 26.0 Å². The second-order valence-electron chi connectivity index (χ2n) is 5.13. The summed E-state index contributed by atoms with van der Waals surface area (Å²) in [7, 11) is 0. The van der Waals surface area contributed by atoms with Crippen molar-refractivity contribution in [1.82, 2.24) is 14.9 Å². The highest BCUT2D eigenvalue weighted by molar-refractivity contribution is 5.76. The molecule has 0 spiro atoms. The van der Waals surface area contributed by atoms with E-state index in [2.05, 4.69) is 28.7 Å². The minimum Gasteiger partial charge on any atom is -0.368 e. The van der Waals surface area contributed by atoms with E-state index in [0.29, 0.717) is 12.1 Å². The van der Waals surface area contributed by atoms with Gasteiger partial charge in [-0.15, -0.1) is 0 Å². The Balaban J connectivity index is 2.13. The summed E-state index contributed by atoms with van der Waals surface area (Å²) in [5.74, 6) is 0.623.